The van der Waals surface area contributed by atoms with E-state index in [0.717, 1.165) is 32.7 Å². The second-order valence-electron chi connectivity index (χ2n) is 9.51. The highest BCUT2D eigenvalue weighted by molar-refractivity contribution is 7.90. The Labute approximate surface area is 226 Å². The van der Waals surface area contributed by atoms with Crippen molar-refractivity contribution < 1.29 is 32.6 Å². The van der Waals surface area contributed by atoms with Crippen LogP contribution in [0.3, 0.4) is 0 Å². The summed E-state index contributed by atoms with van der Waals surface area (Å²) in [5.74, 6) is -0.586. The van der Waals surface area contributed by atoms with E-state index in [9.17, 15) is 18.3 Å². The van der Waals surface area contributed by atoms with Crippen LogP contribution in [0.5, 0.6) is 0 Å². The third kappa shape index (κ3) is 7.65. The van der Waals surface area contributed by atoms with E-state index >= 15 is 0 Å². The molecule has 7 nitrogen and oxygen atoms in total. The molecule has 1 atom stereocenters. The van der Waals surface area contributed by atoms with Crippen molar-refractivity contribution in [2.45, 2.75) is 63.3 Å². The molecule has 0 radical (unpaired) electrons. The molecule has 0 saturated heterocycles. The lowest BCUT2D eigenvalue weighted by Gasteiger charge is -2.33. The van der Waals surface area contributed by atoms with Crippen molar-refractivity contribution in [3.05, 3.63) is 70.5 Å². The summed E-state index contributed by atoms with van der Waals surface area (Å²) in [5, 5.41) is 3.14. The minimum absolute atomic E-state index is 0.0636. The molecule has 0 saturated carbocycles. The van der Waals surface area contributed by atoms with E-state index in [1.165, 1.54) is 12.1 Å². The first-order valence-electron chi connectivity index (χ1n) is 12.5. The van der Waals surface area contributed by atoms with Crippen LogP contribution in [0.25, 0.3) is 17.2 Å². The molecule has 1 unspecified atom stereocenters. The minimum Gasteiger partial charge on any atom is -0.612 e. The number of hydrogen-bond donors (Lipinski definition) is 3. The van der Waals surface area contributed by atoms with Crippen LogP contribution in [0.4, 0.5) is 4.39 Å². The Morgan fingerprint density at radius 1 is 1.16 bits per heavy atom. The average molecular weight is 564 g/mol. The van der Waals surface area contributed by atoms with Gasteiger partial charge >= 0.3 is 7.82 Å². The van der Waals surface area contributed by atoms with Crippen LogP contribution in [-0.4, -0.2) is 38.6 Å². The molecule has 0 fully saturated rings. The fourth-order valence-electron chi connectivity index (χ4n) is 4.84. The Kier molecular flexibility index (Phi) is 10.1. The topological polar surface area (TPSA) is 119 Å². The van der Waals surface area contributed by atoms with Crippen molar-refractivity contribution >= 4 is 42.1 Å². The molecular formula is C28H35FNO6PS. The van der Waals surface area contributed by atoms with Crippen molar-refractivity contribution in [3.8, 4) is 0 Å². The molecule has 206 valence electrons. The van der Waals surface area contributed by atoms with Crippen LogP contribution in [0, 0.1) is 5.82 Å². The fourth-order valence-corrected chi connectivity index (χ4v) is 5.73. The normalized spacial score (nSPS) is 15.6. The summed E-state index contributed by atoms with van der Waals surface area (Å²) in [6.07, 6.45) is 5.83. The van der Waals surface area contributed by atoms with E-state index in [1.807, 2.05) is 51.1 Å². The zero-order chi connectivity index (χ0) is 28.1. The van der Waals surface area contributed by atoms with Crippen molar-refractivity contribution in [2.24, 2.45) is 0 Å². The predicted octanol–water partition coefficient (Wildman–Crippen LogP) is 5.85. The number of carbonyl (C=O) groups is 1. The second-order valence-corrected chi connectivity index (χ2v) is 12.1. The van der Waals surface area contributed by atoms with E-state index in [2.05, 4.69) is 9.84 Å². The highest BCUT2D eigenvalue weighted by atomic mass is 32.2. The first-order chi connectivity index (χ1) is 17.9. The summed E-state index contributed by atoms with van der Waals surface area (Å²) in [6, 6.07) is 12.0. The molecule has 2 aromatic carbocycles. The van der Waals surface area contributed by atoms with Crippen molar-refractivity contribution in [1.82, 2.24) is 5.32 Å². The van der Waals surface area contributed by atoms with E-state index < -0.39 is 24.5 Å². The first-order valence-corrected chi connectivity index (χ1v) is 15.6. The van der Waals surface area contributed by atoms with Gasteiger partial charge < -0.3 is 19.7 Å². The minimum atomic E-state index is -4.54. The third-order valence-electron chi connectivity index (χ3n) is 7.13. The van der Waals surface area contributed by atoms with Crippen LogP contribution in [0.2, 0.25) is 0 Å². The number of rotatable bonds is 12. The lowest BCUT2D eigenvalue weighted by molar-refractivity contribution is -0.122. The highest BCUT2D eigenvalue weighted by Gasteiger charge is 2.31. The van der Waals surface area contributed by atoms with Gasteiger partial charge in [-0.1, -0.05) is 19.9 Å². The van der Waals surface area contributed by atoms with E-state index in [4.69, 9.17) is 9.79 Å². The van der Waals surface area contributed by atoms with Crippen molar-refractivity contribution in [3.63, 3.8) is 0 Å². The molecule has 38 heavy (non-hydrogen) atoms. The van der Waals surface area contributed by atoms with Crippen LogP contribution in [0.15, 0.2) is 52.9 Å². The van der Waals surface area contributed by atoms with Crippen LogP contribution in [-0.2, 0) is 25.1 Å². The Hall–Kier alpha value is -2.26. The molecule has 2 aromatic rings. The SMILES string of the molecule is CCC(CC)(CCCOP(=O)(O)O)NC(=O)CC1=C(C)C(=Cc2ccc([S+](C)[O-])cc2)c2ccc(F)cc21. The average Bonchev–Trinajstić information content (AvgIpc) is 3.10. The van der Waals surface area contributed by atoms with Gasteiger partial charge in [-0.05, 0) is 120 Å². The van der Waals surface area contributed by atoms with Gasteiger partial charge in [-0.3, -0.25) is 9.32 Å². The second kappa shape index (κ2) is 12.7. The molecule has 0 bridgehead atoms. The molecule has 10 heteroatoms. The number of hydrogen-bond acceptors (Lipinski definition) is 4. The van der Waals surface area contributed by atoms with Gasteiger partial charge in [0.2, 0.25) is 5.91 Å². The van der Waals surface area contributed by atoms with Crippen molar-refractivity contribution in [2.75, 3.05) is 12.9 Å². The highest BCUT2D eigenvalue weighted by Crippen LogP contribution is 2.44. The molecule has 0 heterocycles. The van der Waals surface area contributed by atoms with Gasteiger partial charge in [-0.15, -0.1) is 0 Å². The maximum atomic E-state index is 14.3. The smallest absolute Gasteiger partial charge is 0.469 e. The van der Waals surface area contributed by atoms with Crippen molar-refractivity contribution in [1.29, 1.82) is 0 Å². The quantitative estimate of drug-likeness (QED) is 0.169. The molecule has 0 aromatic heterocycles. The Balaban J connectivity index is 1.84. The van der Waals surface area contributed by atoms with Crippen LogP contribution >= 0.6 is 7.82 Å². The fraction of sp³-hybridized carbons (Fsp3) is 0.393. The van der Waals surface area contributed by atoms with Gasteiger partial charge in [0.15, 0.2) is 4.90 Å². The van der Waals surface area contributed by atoms with Crippen LogP contribution in [0.1, 0.15) is 69.6 Å². The number of benzene rings is 2. The van der Waals surface area contributed by atoms with E-state index in [-0.39, 0.29) is 24.8 Å². The maximum absolute atomic E-state index is 14.3. The molecule has 0 spiro atoms. The molecular weight excluding hydrogens is 528 g/mol. The molecule has 3 N–H and O–H groups in total. The molecule has 1 amide bonds. The van der Waals surface area contributed by atoms with Gasteiger partial charge in [-0.2, -0.15) is 0 Å². The number of fused-ring (bicyclic) bond motifs is 1. The summed E-state index contributed by atoms with van der Waals surface area (Å²) in [6.45, 7) is 5.73. The van der Waals surface area contributed by atoms with E-state index in [0.29, 0.717) is 31.2 Å². The Bertz CT molecular complexity index is 1260. The largest absolute Gasteiger partial charge is 0.612 e. The van der Waals surface area contributed by atoms with Crippen LogP contribution < -0.4 is 5.32 Å². The number of carbonyl (C=O) groups excluding carboxylic acids is 1. The monoisotopic (exact) mass is 563 g/mol. The number of allylic oxidation sites excluding steroid dienone is 2. The Morgan fingerprint density at radius 2 is 1.82 bits per heavy atom. The lowest BCUT2D eigenvalue weighted by atomic mass is 9.87. The zero-order valence-corrected chi connectivity index (χ0v) is 23.8. The first kappa shape index (κ1) is 30.3. The number of amides is 1. The summed E-state index contributed by atoms with van der Waals surface area (Å²) in [5.41, 5.74) is 4.43. The summed E-state index contributed by atoms with van der Waals surface area (Å²) in [4.78, 5) is 31.8. The Morgan fingerprint density at radius 3 is 2.39 bits per heavy atom. The molecule has 0 aliphatic heterocycles. The van der Waals surface area contributed by atoms with Gasteiger partial charge in [0.25, 0.3) is 0 Å². The summed E-state index contributed by atoms with van der Waals surface area (Å²) in [7, 11) is -4.54. The molecule has 3 rings (SSSR count). The summed E-state index contributed by atoms with van der Waals surface area (Å²) < 4.78 is 41.5. The number of phosphoric acid groups is 1. The number of phosphoric ester groups is 1. The van der Waals surface area contributed by atoms with Gasteiger partial charge in [0, 0.05) is 5.54 Å². The lowest BCUT2D eigenvalue weighted by Crippen LogP contribution is -2.47. The zero-order valence-electron chi connectivity index (χ0n) is 22.1. The van der Waals surface area contributed by atoms with E-state index in [1.54, 1.807) is 12.3 Å². The number of halogens is 1. The standard InChI is InChI=1S/C28H35FNO6PS/c1-5-28(6-2,14-7-15-36-37(32,33)34)30-27(31)18-25-19(3)24(23-13-10-21(29)17-26(23)25)16-20-8-11-22(12-9-20)38(4)35/h8-13,16-17H,5-7,14-15,18H2,1-4H3,(H,30,31)(H2,32,33,34). The molecule has 1 aliphatic rings. The van der Waals surface area contributed by atoms with Gasteiger partial charge in [0.05, 0.1) is 13.0 Å². The predicted molar refractivity (Wildman–Crippen MR) is 149 cm³/mol. The maximum Gasteiger partial charge on any atom is 0.469 e. The number of nitrogens with one attached hydrogen (secondary N) is 1. The van der Waals surface area contributed by atoms with Gasteiger partial charge in [-0.25, -0.2) is 8.96 Å². The summed E-state index contributed by atoms with van der Waals surface area (Å²) >= 11 is -1.07. The third-order valence-corrected chi connectivity index (χ3v) is 8.59. The molecule has 1 aliphatic carbocycles. The van der Waals surface area contributed by atoms with Gasteiger partial charge in [0.1, 0.15) is 12.1 Å².